The molecule has 3 heterocycles. The molecule has 0 fully saturated rings. The van der Waals surface area contributed by atoms with E-state index in [4.69, 9.17) is 0 Å². The molecule has 0 atom stereocenters. The number of nitrogens with one attached hydrogen (secondary N) is 3. The highest BCUT2D eigenvalue weighted by atomic mass is 16.2. The van der Waals surface area contributed by atoms with Gasteiger partial charge in [0.25, 0.3) is 11.8 Å². The molecule has 0 spiro atoms. The molecular weight excluding hydrogens is 404 g/mol. The molecule has 32 heavy (non-hydrogen) atoms. The first kappa shape index (κ1) is 21.3. The first-order chi connectivity index (χ1) is 15.1. The quantitative estimate of drug-likeness (QED) is 0.446. The molecule has 0 aliphatic heterocycles. The number of carbonyl (C=O) groups is 2. The fourth-order valence-electron chi connectivity index (χ4n) is 3.39. The lowest BCUT2D eigenvalue weighted by Crippen LogP contribution is -2.18. The zero-order chi connectivity index (χ0) is 23.0. The van der Waals surface area contributed by atoms with Crippen LogP contribution >= 0.6 is 0 Å². The molecule has 0 aliphatic rings. The standard InChI is InChI=1S/C24H26N6O2/c1-14-6-7-16(27-23(32)19-12-20(24(2,3)4)29-30(19)5)11-18(14)22(31)28-17-10-15-8-9-25-21(15)26-13-17/h6-13H,1-5H3,(H,25,26)(H,27,32)(H,28,31). The molecule has 164 valence electrons. The largest absolute Gasteiger partial charge is 0.346 e. The lowest BCUT2D eigenvalue weighted by Gasteiger charge is -2.13. The first-order valence-electron chi connectivity index (χ1n) is 10.3. The number of amides is 2. The van der Waals surface area contributed by atoms with E-state index in [9.17, 15) is 9.59 Å². The molecule has 3 N–H and O–H groups in total. The predicted molar refractivity (Wildman–Crippen MR) is 125 cm³/mol. The SMILES string of the molecule is Cc1ccc(NC(=O)c2cc(C(C)(C)C)nn2C)cc1C(=O)Nc1cnc2[nH]ccc2c1. The molecule has 8 nitrogen and oxygen atoms in total. The predicted octanol–water partition coefficient (Wildman–Crippen LogP) is 4.41. The number of H-pyrrole nitrogens is 1. The van der Waals surface area contributed by atoms with Gasteiger partial charge in [-0.2, -0.15) is 5.10 Å². The summed E-state index contributed by atoms with van der Waals surface area (Å²) >= 11 is 0. The van der Waals surface area contributed by atoms with Gasteiger partial charge in [0, 0.05) is 35.3 Å². The first-order valence-corrected chi connectivity index (χ1v) is 10.3. The van der Waals surface area contributed by atoms with Crippen LogP contribution in [0.5, 0.6) is 0 Å². The van der Waals surface area contributed by atoms with Gasteiger partial charge in [0.2, 0.25) is 0 Å². The van der Waals surface area contributed by atoms with E-state index in [-0.39, 0.29) is 17.2 Å². The van der Waals surface area contributed by atoms with Gasteiger partial charge in [0.05, 0.1) is 17.6 Å². The maximum atomic E-state index is 12.9. The molecule has 0 saturated heterocycles. The van der Waals surface area contributed by atoms with Gasteiger partial charge in [-0.05, 0) is 42.8 Å². The van der Waals surface area contributed by atoms with Gasteiger partial charge in [-0.1, -0.05) is 26.8 Å². The monoisotopic (exact) mass is 430 g/mol. The van der Waals surface area contributed by atoms with Crippen molar-refractivity contribution >= 4 is 34.2 Å². The fourth-order valence-corrected chi connectivity index (χ4v) is 3.39. The van der Waals surface area contributed by atoms with Crippen LogP contribution in [0.25, 0.3) is 11.0 Å². The smallest absolute Gasteiger partial charge is 0.273 e. The molecule has 0 saturated carbocycles. The summed E-state index contributed by atoms with van der Waals surface area (Å²) in [6, 6.07) is 10.8. The number of fused-ring (bicyclic) bond motifs is 1. The normalized spacial score (nSPS) is 11.5. The number of benzene rings is 1. The number of hydrogen-bond donors (Lipinski definition) is 3. The van der Waals surface area contributed by atoms with E-state index in [1.165, 1.54) is 0 Å². The highest BCUT2D eigenvalue weighted by molar-refractivity contribution is 6.08. The molecule has 4 rings (SSSR count). The van der Waals surface area contributed by atoms with Crippen molar-refractivity contribution in [1.29, 1.82) is 0 Å². The number of hydrogen-bond acceptors (Lipinski definition) is 4. The highest BCUT2D eigenvalue weighted by Gasteiger charge is 2.22. The van der Waals surface area contributed by atoms with Crippen molar-refractivity contribution in [2.24, 2.45) is 7.05 Å². The minimum Gasteiger partial charge on any atom is -0.346 e. The summed E-state index contributed by atoms with van der Waals surface area (Å²) in [5.41, 5.74) is 4.28. The molecule has 4 aromatic rings. The Labute approximate surface area is 186 Å². The Balaban J connectivity index is 1.54. The number of carbonyl (C=O) groups excluding carboxylic acids is 2. The Hall–Kier alpha value is -3.94. The van der Waals surface area contributed by atoms with E-state index < -0.39 is 0 Å². The van der Waals surface area contributed by atoms with Crippen LogP contribution in [0.4, 0.5) is 11.4 Å². The molecule has 0 bridgehead atoms. The van der Waals surface area contributed by atoms with Crippen LogP contribution in [-0.2, 0) is 12.5 Å². The Bertz CT molecular complexity index is 1330. The Morgan fingerprint density at radius 2 is 1.75 bits per heavy atom. The van der Waals surface area contributed by atoms with Crippen LogP contribution in [0, 0.1) is 6.92 Å². The van der Waals surface area contributed by atoms with E-state index in [1.54, 1.807) is 42.3 Å². The zero-order valence-corrected chi connectivity index (χ0v) is 18.8. The Morgan fingerprint density at radius 1 is 1.00 bits per heavy atom. The van der Waals surface area contributed by atoms with Crippen LogP contribution in [-0.4, -0.2) is 31.6 Å². The summed E-state index contributed by atoms with van der Waals surface area (Å²) < 4.78 is 1.57. The van der Waals surface area contributed by atoms with Crippen molar-refractivity contribution in [3.05, 3.63) is 71.3 Å². The molecule has 2 amide bonds. The van der Waals surface area contributed by atoms with Gasteiger partial charge in [0.15, 0.2) is 0 Å². The Kier molecular flexibility index (Phi) is 5.30. The zero-order valence-electron chi connectivity index (χ0n) is 18.8. The number of aromatic amines is 1. The average Bonchev–Trinajstić information content (AvgIpc) is 3.35. The summed E-state index contributed by atoms with van der Waals surface area (Å²) in [4.78, 5) is 33.1. The van der Waals surface area contributed by atoms with Crippen molar-refractivity contribution in [3.63, 3.8) is 0 Å². The van der Waals surface area contributed by atoms with Gasteiger partial charge >= 0.3 is 0 Å². The van der Waals surface area contributed by atoms with E-state index >= 15 is 0 Å². The maximum Gasteiger partial charge on any atom is 0.273 e. The molecule has 0 aliphatic carbocycles. The third-order valence-corrected chi connectivity index (χ3v) is 5.28. The van der Waals surface area contributed by atoms with E-state index in [0.29, 0.717) is 22.6 Å². The minimum absolute atomic E-state index is 0.163. The molecule has 1 aromatic carbocycles. The van der Waals surface area contributed by atoms with Crippen LogP contribution in [0.3, 0.4) is 0 Å². The number of pyridine rings is 1. The lowest BCUT2D eigenvalue weighted by molar-refractivity contribution is 0.101. The number of aryl methyl sites for hydroxylation is 2. The summed E-state index contributed by atoms with van der Waals surface area (Å²) in [6.07, 6.45) is 3.40. The fraction of sp³-hybridized carbons (Fsp3) is 0.250. The average molecular weight is 431 g/mol. The molecule has 3 aromatic heterocycles. The lowest BCUT2D eigenvalue weighted by atomic mass is 9.92. The second-order valence-corrected chi connectivity index (χ2v) is 8.87. The summed E-state index contributed by atoms with van der Waals surface area (Å²) in [5.74, 6) is -0.557. The number of nitrogens with zero attached hydrogens (tertiary/aromatic N) is 3. The molecule has 0 radical (unpaired) electrons. The topological polar surface area (TPSA) is 105 Å². The van der Waals surface area contributed by atoms with Gasteiger partial charge in [-0.15, -0.1) is 0 Å². The third-order valence-electron chi connectivity index (χ3n) is 5.28. The van der Waals surface area contributed by atoms with Gasteiger partial charge in [-0.3, -0.25) is 14.3 Å². The second-order valence-electron chi connectivity index (χ2n) is 8.87. The molecule has 8 heteroatoms. The summed E-state index contributed by atoms with van der Waals surface area (Å²) in [6.45, 7) is 7.99. The van der Waals surface area contributed by atoms with Crippen LogP contribution < -0.4 is 10.6 Å². The van der Waals surface area contributed by atoms with Crippen molar-refractivity contribution in [2.45, 2.75) is 33.1 Å². The second kappa shape index (κ2) is 7.96. The van der Waals surface area contributed by atoms with E-state index in [2.05, 4.69) is 25.7 Å². The van der Waals surface area contributed by atoms with Gasteiger partial charge in [0.1, 0.15) is 11.3 Å². The highest BCUT2D eigenvalue weighted by Crippen LogP contribution is 2.23. The minimum atomic E-state index is -0.284. The third kappa shape index (κ3) is 4.25. The van der Waals surface area contributed by atoms with Gasteiger partial charge in [-0.25, -0.2) is 4.98 Å². The number of rotatable bonds is 4. The van der Waals surface area contributed by atoms with Crippen LogP contribution in [0.2, 0.25) is 0 Å². The van der Waals surface area contributed by atoms with Crippen LogP contribution in [0.15, 0.2) is 48.8 Å². The number of anilines is 2. The summed E-state index contributed by atoms with van der Waals surface area (Å²) in [7, 11) is 1.74. The summed E-state index contributed by atoms with van der Waals surface area (Å²) in [5, 5.41) is 11.1. The van der Waals surface area contributed by atoms with Crippen molar-refractivity contribution < 1.29 is 9.59 Å². The van der Waals surface area contributed by atoms with Crippen molar-refractivity contribution in [3.8, 4) is 0 Å². The molecular formula is C24H26N6O2. The van der Waals surface area contributed by atoms with Crippen molar-refractivity contribution in [2.75, 3.05) is 10.6 Å². The number of aromatic nitrogens is 4. The van der Waals surface area contributed by atoms with E-state index in [0.717, 1.165) is 22.3 Å². The van der Waals surface area contributed by atoms with Crippen molar-refractivity contribution in [1.82, 2.24) is 19.7 Å². The Morgan fingerprint density at radius 3 is 2.47 bits per heavy atom. The maximum absolute atomic E-state index is 12.9. The van der Waals surface area contributed by atoms with Gasteiger partial charge < -0.3 is 15.6 Å². The molecule has 0 unspecified atom stereocenters. The van der Waals surface area contributed by atoms with E-state index in [1.807, 2.05) is 45.9 Å². The van der Waals surface area contributed by atoms with Crippen LogP contribution in [0.1, 0.15) is 52.9 Å².